The van der Waals surface area contributed by atoms with Crippen LogP contribution in [0.2, 0.25) is 0 Å². The van der Waals surface area contributed by atoms with Crippen molar-refractivity contribution in [2.75, 3.05) is 18.5 Å². The van der Waals surface area contributed by atoms with Crippen molar-refractivity contribution in [3.05, 3.63) is 29.3 Å². The number of rotatable bonds is 1. The lowest BCUT2D eigenvalue weighted by molar-refractivity contribution is -0.118. The SMILES string of the molecule is CN1C(=O)CCc2c(C3CCCCN3)cccc21. The normalized spacial score (nSPS) is 23.9. The number of fused-ring (bicyclic) bond motifs is 1. The lowest BCUT2D eigenvalue weighted by Crippen LogP contribution is -2.33. The largest absolute Gasteiger partial charge is 0.315 e. The Morgan fingerprint density at radius 1 is 1.28 bits per heavy atom. The number of carbonyl (C=O) groups is 1. The third kappa shape index (κ3) is 1.93. The van der Waals surface area contributed by atoms with Gasteiger partial charge >= 0.3 is 0 Å². The second kappa shape index (κ2) is 4.73. The number of anilines is 1. The van der Waals surface area contributed by atoms with Gasteiger partial charge in [-0.3, -0.25) is 4.79 Å². The third-order valence-corrected chi connectivity index (χ3v) is 4.20. The van der Waals surface area contributed by atoms with Crippen LogP contribution in [0.4, 0.5) is 5.69 Å². The molecule has 1 aromatic carbocycles. The van der Waals surface area contributed by atoms with Gasteiger partial charge in [0.1, 0.15) is 0 Å². The summed E-state index contributed by atoms with van der Waals surface area (Å²) in [6, 6.07) is 6.86. The number of nitrogens with zero attached hydrogens (tertiary/aromatic N) is 1. The van der Waals surface area contributed by atoms with E-state index < -0.39 is 0 Å². The summed E-state index contributed by atoms with van der Waals surface area (Å²) in [5, 5.41) is 3.61. The Kier molecular flexibility index (Phi) is 3.08. The van der Waals surface area contributed by atoms with E-state index in [-0.39, 0.29) is 5.91 Å². The average molecular weight is 244 g/mol. The molecular formula is C15H20N2O. The fourth-order valence-electron chi connectivity index (χ4n) is 3.16. The zero-order chi connectivity index (χ0) is 12.5. The number of nitrogens with one attached hydrogen (secondary N) is 1. The number of amides is 1. The minimum atomic E-state index is 0.233. The summed E-state index contributed by atoms with van der Waals surface area (Å²) in [4.78, 5) is 13.6. The Morgan fingerprint density at radius 2 is 2.17 bits per heavy atom. The summed E-state index contributed by atoms with van der Waals surface area (Å²) in [7, 11) is 1.89. The lowest BCUT2D eigenvalue weighted by atomic mass is 9.89. The molecule has 2 heterocycles. The minimum absolute atomic E-state index is 0.233. The monoisotopic (exact) mass is 244 g/mol. The Balaban J connectivity index is 1.98. The molecule has 0 aliphatic carbocycles. The number of benzene rings is 1. The zero-order valence-corrected chi connectivity index (χ0v) is 10.9. The van der Waals surface area contributed by atoms with Gasteiger partial charge in [0.15, 0.2) is 0 Å². The van der Waals surface area contributed by atoms with E-state index in [0.29, 0.717) is 12.5 Å². The van der Waals surface area contributed by atoms with Crippen LogP contribution in [0.3, 0.4) is 0 Å². The molecule has 0 spiro atoms. The quantitative estimate of drug-likeness (QED) is 0.822. The maximum Gasteiger partial charge on any atom is 0.227 e. The van der Waals surface area contributed by atoms with Gasteiger partial charge in [0.25, 0.3) is 0 Å². The van der Waals surface area contributed by atoms with Crippen LogP contribution in [0.15, 0.2) is 18.2 Å². The first-order valence-corrected chi connectivity index (χ1v) is 6.89. The molecule has 1 fully saturated rings. The molecule has 1 amide bonds. The Hall–Kier alpha value is -1.35. The van der Waals surface area contributed by atoms with Crippen molar-refractivity contribution in [3.63, 3.8) is 0 Å². The number of piperidine rings is 1. The summed E-state index contributed by atoms with van der Waals surface area (Å²) >= 11 is 0. The molecule has 2 aliphatic rings. The van der Waals surface area contributed by atoms with E-state index >= 15 is 0 Å². The highest BCUT2D eigenvalue weighted by atomic mass is 16.2. The third-order valence-electron chi connectivity index (χ3n) is 4.20. The van der Waals surface area contributed by atoms with Crippen LogP contribution in [0.1, 0.15) is 42.9 Å². The van der Waals surface area contributed by atoms with Crippen LogP contribution in [0.5, 0.6) is 0 Å². The fourth-order valence-corrected chi connectivity index (χ4v) is 3.16. The maximum atomic E-state index is 11.8. The highest BCUT2D eigenvalue weighted by Crippen LogP contribution is 2.34. The summed E-state index contributed by atoms with van der Waals surface area (Å²) < 4.78 is 0. The van der Waals surface area contributed by atoms with Crippen LogP contribution < -0.4 is 10.2 Å². The second-order valence-electron chi connectivity index (χ2n) is 5.30. The standard InChI is InChI=1S/C15H20N2O/c1-17-14-7-4-5-11(12(14)8-9-15(17)18)13-6-2-3-10-16-13/h4-5,7,13,16H,2-3,6,8-10H2,1H3. The van der Waals surface area contributed by atoms with E-state index in [9.17, 15) is 4.79 Å². The van der Waals surface area contributed by atoms with Gasteiger partial charge in [-0.1, -0.05) is 18.6 Å². The van der Waals surface area contributed by atoms with Gasteiger partial charge in [-0.2, -0.15) is 0 Å². The van der Waals surface area contributed by atoms with Crippen molar-refractivity contribution < 1.29 is 4.79 Å². The van der Waals surface area contributed by atoms with Crippen molar-refractivity contribution >= 4 is 11.6 Å². The van der Waals surface area contributed by atoms with Gasteiger partial charge < -0.3 is 10.2 Å². The molecule has 3 rings (SSSR count). The molecule has 0 bridgehead atoms. The molecule has 0 aromatic heterocycles. The topological polar surface area (TPSA) is 32.3 Å². The molecule has 3 nitrogen and oxygen atoms in total. The zero-order valence-electron chi connectivity index (χ0n) is 10.9. The first-order chi connectivity index (χ1) is 8.77. The first kappa shape index (κ1) is 11.7. The van der Waals surface area contributed by atoms with E-state index in [4.69, 9.17) is 0 Å². The molecule has 1 atom stereocenters. The number of hydrogen-bond donors (Lipinski definition) is 1. The van der Waals surface area contributed by atoms with Gasteiger partial charge in [0, 0.05) is 25.2 Å². The summed E-state index contributed by atoms with van der Waals surface area (Å²) in [5.41, 5.74) is 3.89. The molecule has 1 saturated heterocycles. The molecule has 0 radical (unpaired) electrons. The minimum Gasteiger partial charge on any atom is -0.315 e. The van der Waals surface area contributed by atoms with E-state index in [2.05, 4.69) is 23.5 Å². The Labute approximate surface area is 108 Å². The molecular weight excluding hydrogens is 224 g/mol. The fraction of sp³-hybridized carbons (Fsp3) is 0.533. The van der Waals surface area contributed by atoms with Crippen molar-refractivity contribution in [3.8, 4) is 0 Å². The van der Waals surface area contributed by atoms with Gasteiger partial charge in [-0.05, 0) is 43.0 Å². The number of hydrogen-bond acceptors (Lipinski definition) is 2. The van der Waals surface area contributed by atoms with Crippen LogP contribution in [0.25, 0.3) is 0 Å². The molecule has 1 N–H and O–H groups in total. The van der Waals surface area contributed by atoms with Crippen LogP contribution in [0, 0.1) is 0 Å². The number of carbonyl (C=O) groups excluding carboxylic acids is 1. The van der Waals surface area contributed by atoms with Gasteiger partial charge in [0.05, 0.1) is 0 Å². The van der Waals surface area contributed by atoms with E-state index in [1.807, 2.05) is 11.9 Å². The summed E-state index contributed by atoms with van der Waals surface area (Å²) in [6.45, 7) is 1.11. The summed E-state index contributed by atoms with van der Waals surface area (Å²) in [6.07, 6.45) is 5.34. The predicted octanol–water partition coefficient (Wildman–Crippen LogP) is 2.41. The maximum absolute atomic E-state index is 11.8. The lowest BCUT2D eigenvalue weighted by Gasteiger charge is -2.31. The highest BCUT2D eigenvalue weighted by molar-refractivity contribution is 5.96. The van der Waals surface area contributed by atoms with Gasteiger partial charge in [-0.15, -0.1) is 0 Å². The molecule has 96 valence electrons. The molecule has 3 heteroatoms. The Bertz CT molecular complexity index is 464. The molecule has 18 heavy (non-hydrogen) atoms. The van der Waals surface area contributed by atoms with Gasteiger partial charge in [0.2, 0.25) is 5.91 Å². The van der Waals surface area contributed by atoms with E-state index in [1.165, 1.54) is 30.4 Å². The average Bonchev–Trinajstić information content (AvgIpc) is 2.43. The molecule has 1 unspecified atom stereocenters. The molecule has 1 aromatic rings. The molecule has 2 aliphatic heterocycles. The van der Waals surface area contributed by atoms with Gasteiger partial charge in [-0.25, -0.2) is 0 Å². The van der Waals surface area contributed by atoms with Crippen molar-refractivity contribution in [2.24, 2.45) is 0 Å². The van der Waals surface area contributed by atoms with Crippen molar-refractivity contribution in [1.29, 1.82) is 0 Å². The highest BCUT2D eigenvalue weighted by Gasteiger charge is 2.26. The smallest absolute Gasteiger partial charge is 0.227 e. The predicted molar refractivity (Wildman–Crippen MR) is 72.8 cm³/mol. The van der Waals surface area contributed by atoms with Crippen LogP contribution in [-0.2, 0) is 11.2 Å². The van der Waals surface area contributed by atoms with E-state index in [1.54, 1.807) is 0 Å². The second-order valence-corrected chi connectivity index (χ2v) is 5.30. The van der Waals surface area contributed by atoms with Crippen molar-refractivity contribution in [1.82, 2.24) is 5.32 Å². The van der Waals surface area contributed by atoms with E-state index in [0.717, 1.165) is 18.7 Å². The summed E-state index contributed by atoms with van der Waals surface area (Å²) in [5.74, 6) is 0.233. The molecule has 0 saturated carbocycles. The van der Waals surface area contributed by atoms with Crippen molar-refractivity contribution in [2.45, 2.75) is 38.1 Å². The Morgan fingerprint density at radius 3 is 2.94 bits per heavy atom. The van der Waals surface area contributed by atoms with Crippen LogP contribution >= 0.6 is 0 Å². The first-order valence-electron chi connectivity index (χ1n) is 6.89. The van der Waals surface area contributed by atoms with Crippen LogP contribution in [-0.4, -0.2) is 19.5 Å².